The lowest BCUT2D eigenvalue weighted by Crippen LogP contribution is -2.31. The van der Waals surface area contributed by atoms with Gasteiger partial charge in [-0.2, -0.15) is 0 Å². The highest BCUT2D eigenvalue weighted by Crippen LogP contribution is 2.26. The van der Waals surface area contributed by atoms with Gasteiger partial charge in [-0.1, -0.05) is 29.8 Å². The normalized spacial score (nSPS) is 13.3. The third kappa shape index (κ3) is 5.39. The summed E-state index contributed by atoms with van der Waals surface area (Å²) in [5.41, 5.74) is 6.63. The minimum Gasteiger partial charge on any atom is -0.339 e. The summed E-state index contributed by atoms with van der Waals surface area (Å²) in [5, 5.41) is 0.692. The lowest BCUT2D eigenvalue weighted by molar-refractivity contribution is -0.132. The van der Waals surface area contributed by atoms with E-state index in [0.29, 0.717) is 17.9 Å². The number of nitrogens with two attached hydrogens (primary N) is 1. The number of hydrogen-bond donors (Lipinski definition) is 1. The van der Waals surface area contributed by atoms with Gasteiger partial charge in [0, 0.05) is 24.5 Å². The van der Waals surface area contributed by atoms with Crippen LogP contribution >= 0.6 is 24.0 Å². The zero-order valence-corrected chi connectivity index (χ0v) is 13.2. The Balaban J connectivity index is 0.00000324. The van der Waals surface area contributed by atoms with Gasteiger partial charge in [-0.25, -0.2) is 0 Å². The van der Waals surface area contributed by atoms with Crippen molar-refractivity contribution in [2.45, 2.75) is 38.8 Å². The van der Waals surface area contributed by atoms with E-state index in [-0.39, 0.29) is 30.4 Å². The molecule has 1 amide bonds. The van der Waals surface area contributed by atoms with Crippen molar-refractivity contribution in [1.29, 1.82) is 0 Å². The van der Waals surface area contributed by atoms with E-state index >= 15 is 0 Å². The number of benzene rings is 1. The monoisotopic (exact) mass is 304 g/mol. The molecule has 2 unspecified atom stereocenters. The molecule has 108 valence electrons. The Morgan fingerprint density at radius 1 is 1.37 bits per heavy atom. The van der Waals surface area contributed by atoms with Crippen molar-refractivity contribution in [3.63, 3.8) is 0 Å². The van der Waals surface area contributed by atoms with Gasteiger partial charge in [-0.15, -0.1) is 12.4 Å². The van der Waals surface area contributed by atoms with Gasteiger partial charge in [-0.05, 0) is 31.9 Å². The average molecular weight is 305 g/mol. The average Bonchev–Trinajstić information content (AvgIpc) is 2.34. The first-order valence-corrected chi connectivity index (χ1v) is 6.57. The number of carbonyl (C=O) groups excluding carboxylic acids is 1. The topological polar surface area (TPSA) is 46.3 Å². The number of nitrogens with zero attached hydrogens (tertiary/aromatic N) is 1. The Hall–Kier alpha value is -0.770. The predicted molar refractivity (Wildman–Crippen MR) is 82.8 cm³/mol. The smallest absolute Gasteiger partial charge is 0.222 e. The number of amides is 1. The molecule has 0 aliphatic heterocycles. The van der Waals surface area contributed by atoms with Gasteiger partial charge in [-0.3, -0.25) is 4.79 Å². The van der Waals surface area contributed by atoms with Crippen LogP contribution in [-0.4, -0.2) is 23.9 Å². The van der Waals surface area contributed by atoms with Crippen LogP contribution in [0, 0.1) is 0 Å². The summed E-state index contributed by atoms with van der Waals surface area (Å²) in [6, 6.07) is 7.63. The SMILES string of the molecule is CC(N)CCC(=O)N(C)C(C)c1ccccc1Cl.Cl. The molecule has 1 rings (SSSR count). The molecule has 0 fully saturated rings. The van der Waals surface area contributed by atoms with Crippen molar-refractivity contribution < 1.29 is 4.79 Å². The minimum atomic E-state index is -0.0284. The third-order valence-corrected chi connectivity index (χ3v) is 3.49. The molecular formula is C14H22Cl2N2O. The standard InChI is InChI=1S/C14H21ClN2O.ClH/c1-10(16)8-9-14(18)17(3)11(2)12-6-4-5-7-13(12)15;/h4-7,10-11H,8-9,16H2,1-3H3;1H. The minimum absolute atomic E-state index is 0. The molecule has 19 heavy (non-hydrogen) atoms. The second-order valence-electron chi connectivity index (χ2n) is 4.72. The van der Waals surface area contributed by atoms with Gasteiger partial charge >= 0.3 is 0 Å². The van der Waals surface area contributed by atoms with Crippen molar-refractivity contribution in [3.05, 3.63) is 34.9 Å². The maximum Gasteiger partial charge on any atom is 0.222 e. The molecule has 2 atom stereocenters. The Morgan fingerprint density at radius 2 is 1.95 bits per heavy atom. The third-order valence-electron chi connectivity index (χ3n) is 3.14. The van der Waals surface area contributed by atoms with Crippen molar-refractivity contribution in [2.24, 2.45) is 5.73 Å². The largest absolute Gasteiger partial charge is 0.339 e. The van der Waals surface area contributed by atoms with Crippen LogP contribution in [-0.2, 0) is 4.79 Å². The lowest BCUT2D eigenvalue weighted by atomic mass is 10.1. The van der Waals surface area contributed by atoms with Crippen LogP contribution in [0.5, 0.6) is 0 Å². The van der Waals surface area contributed by atoms with E-state index in [9.17, 15) is 4.79 Å². The quantitative estimate of drug-likeness (QED) is 0.906. The van der Waals surface area contributed by atoms with E-state index in [1.807, 2.05) is 38.1 Å². The molecule has 2 N–H and O–H groups in total. The summed E-state index contributed by atoms with van der Waals surface area (Å²) in [4.78, 5) is 13.7. The van der Waals surface area contributed by atoms with Crippen LogP contribution in [0.2, 0.25) is 5.02 Å². The zero-order chi connectivity index (χ0) is 13.7. The predicted octanol–water partition coefficient (Wildman–Crippen LogP) is 3.41. The summed E-state index contributed by atoms with van der Waals surface area (Å²) in [6.07, 6.45) is 1.18. The van der Waals surface area contributed by atoms with Gasteiger partial charge < -0.3 is 10.6 Å². The molecule has 0 saturated heterocycles. The Morgan fingerprint density at radius 3 is 2.47 bits per heavy atom. The van der Waals surface area contributed by atoms with Gasteiger partial charge in [0.2, 0.25) is 5.91 Å². The maximum atomic E-state index is 12.0. The van der Waals surface area contributed by atoms with E-state index < -0.39 is 0 Å². The van der Waals surface area contributed by atoms with Crippen molar-refractivity contribution in [1.82, 2.24) is 4.90 Å². The number of halogens is 2. The van der Waals surface area contributed by atoms with Crippen molar-refractivity contribution in [2.75, 3.05) is 7.05 Å². The summed E-state index contributed by atoms with van der Waals surface area (Å²) in [6.45, 7) is 3.88. The molecular weight excluding hydrogens is 283 g/mol. The molecule has 0 bridgehead atoms. The molecule has 0 heterocycles. The first-order valence-electron chi connectivity index (χ1n) is 6.19. The zero-order valence-electron chi connectivity index (χ0n) is 11.6. The fraction of sp³-hybridized carbons (Fsp3) is 0.500. The Kier molecular flexibility index (Phi) is 8.07. The van der Waals surface area contributed by atoms with Crippen LogP contribution in [0.15, 0.2) is 24.3 Å². The van der Waals surface area contributed by atoms with Crippen LogP contribution in [0.25, 0.3) is 0 Å². The summed E-state index contributed by atoms with van der Waals surface area (Å²) in [7, 11) is 1.80. The van der Waals surface area contributed by atoms with E-state index in [4.69, 9.17) is 17.3 Å². The number of hydrogen-bond acceptors (Lipinski definition) is 2. The van der Waals surface area contributed by atoms with Crippen molar-refractivity contribution in [3.8, 4) is 0 Å². The van der Waals surface area contributed by atoms with E-state index in [1.165, 1.54) is 0 Å². The summed E-state index contributed by atoms with van der Waals surface area (Å²) in [5.74, 6) is 0.0970. The van der Waals surface area contributed by atoms with Crippen LogP contribution in [0.1, 0.15) is 38.3 Å². The van der Waals surface area contributed by atoms with Crippen LogP contribution < -0.4 is 5.73 Å². The molecule has 0 aromatic heterocycles. The molecule has 0 aliphatic rings. The Labute approximate surface area is 126 Å². The molecule has 5 heteroatoms. The van der Waals surface area contributed by atoms with Crippen LogP contribution in [0.4, 0.5) is 0 Å². The van der Waals surface area contributed by atoms with Gasteiger partial charge in [0.25, 0.3) is 0 Å². The molecule has 3 nitrogen and oxygen atoms in total. The van der Waals surface area contributed by atoms with Crippen LogP contribution in [0.3, 0.4) is 0 Å². The second-order valence-corrected chi connectivity index (χ2v) is 5.13. The highest BCUT2D eigenvalue weighted by molar-refractivity contribution is 6.31. The molecule has 0 radical (unpaired) electrons. The molecule has 0 saturated carbocycles. The highest BCUT2D eigenvalue weighted by Gasteiger charge is 2.19. The molecule has 0 aliphatic carbocycles. The summed E-state index contributed by atoms with van der Waals surface area (Å²) >= 11 is 6.14. The molecule has 0 spiro atoms. The second kappa shape index (κ2) is 8.41. The molecule has 1 aromatic carbocycles. The number of carbonyl (C=O) groups is 1. The number of rotatable bonds is 5. The first-order chi connectivity index (χ1) is 8.43. The summed E-state index contributed by atoms with van der Waals surface area (Å²) < 4.78 is 0. The lowest BCUT2D eigenvalue weighted by Gasteiger charge is -2.26. The van der Waals surface area contributed by atoms with E-state index in [0.717, 1.165) is 5.56 Å². The fourth-order valence-electron chi connectivity index (χ4n) is 1.77. The van der Waals surface area contributed by atoms with Gasteiger partial charge in [0.05, 0.1) is 6.04 Å². The van der Waals surface area contributed by atoms with E-state index in [1.54, 1.807) is 11.9 Å². The first kappa shape index (κ1) is 18.2. The fourth-order valence-corrected chi connectivity index (χ4v) is 2.06. The highest BCUT2D eigenvalue weighted by atomic mass is 35.5. The van der Waals surface area contributed by atoms with E-state index in [2.05, 4.69) is 0 Å². The van der Waals surface area contributed by atoms with Crippen molar-refractivity contribution >= 4 is 29.9 Å². The Bertz CT molecular complexity index is 410. The maximum absolute atomic E-state index is 12.0. The van der Waals surface area contributed by atoms with Gasteiger partial charge in [0.15, 0.2) is 0 Å². The van der Waals surface area contributed by atoms with Gasteiger partial charge in [0.1, 0.15) is 0 Å². The molecule has 1 aromatic rings.